The molecule has 0 saturated carbocycles. The van der Waals surface area contributed by atoms with Crippen molar-refractivity contribution in [2.45, 2.75) is 46.6 Å². The molecule has 0 spiro atoms. The highest BCUT2D eigenvalue weighted by Gasteiger charge is 2.33. The van der Waals surface area contributed by atoms with Gasteiger partial charge in [-0.25, -0.2) is 0 Å². The molecule has 30 heavy (non-hydrogen) atoms. The molecule has 0 radical (unpaired) electrons. The van der Waals surface area contributed by atoms with Crippen LogP contribution in [0.1, 0.15) is 49.2 Å². The summed E-state index contributed by atoms with van der Waals surface area (Å²) >= 11 is 1.74. The number of rotatable bonds is 8. The maximum absolute atomic E-state index is 13.3. The number of nitrogens with zero attached hydrogens (tertiary/aromatic N) is 2. The van der Waals surface area contributed by atoms with Crippen LogP contribution in [0.25, 0.3) is 0 Å². The van der Waals surface area contributed by atoms with E-state index in [-0.39, 0.29) is 30.3 Å². The number of hydrogen-bond donors (Lipinski definition) is 0. The van der Waals surface area contributed by atoms with Gasteiger partial charge < -0.3 is 14.5 Å². The normalized spacial score (nSPS) is 15.8. The maximum atomic E-state index is 13.3. The Hall–Kier alpha value is -2.34. The number of hydrogen-bond acceptors (Lipinski definition) is 4. The lowest BCUT2D eigenvalue weighted by molar-refractivity contribution is -0.143. The van der Waals surface area contributed by atoms with E-state index in [1.807, 2.05) is 56.9 Å². The Bertz CT molecular complexity index is 877. The molecule has 0 aliphatic carbocycles. The molecule has 6 heteroatoms. The van der Waals surface area contributed by atoms with E-state index in [0.29, 0.717) is 26.1 Å². The highest BCUT2D eigenvalue weighted by atomic mass is 32.1. The van der Waals surface area contributed by atoms with E-state index < -0.39 is 0 Å². The molecule has 2 aromatic rings. The summed E-state index contributed by atoms with van der Waals surface area (Å²) in [4.78, 5) is 30.7. The Morgan fingerprint density at radius 3 is 2.73 bits per heavy atom. The van der Waals surface area contributed by atoms with Crippen molar-refractivity contribution >= 4 is 23.2 Å². The number of ether oxygens (including phenoxy) is 1. The lowest BCUT2D eigenvalue weighted by atomic mass is 10.00. The Morgan fingerprint density at radius 2 is 2.03 bits per heavy atom. The third-order valence-electron chi connectivity index (χ3n) is 5.55. The van der Waals surface area contributed by atoms with Crippen LogP contribution in [-0.4, -0.2) is 47.9 Å². The molecule has 2 amide bonds. The van der Waals surface area contributed by atoms with E-state index >= 15 is 0 Å². The molecule has 0 N–H and O–H groups in total. The lowest BCUT2D eigenvalue weighted by Crippen LogP contribution is -2.47. The molecule has 162 valence electrons. The lowest BCUT2D eigenvalue weighted by Gasteiger charge is -2.37. The number of likely N-dealkylation sites (N-methyl/N-ethyl adjacent to an activating group) is 1. The number of benzene rings is 1. The van der Waals surface area contributed by atoms with Crippen molar-refractivity contribution in [2.24, 2.45) is 5.92 Å². The number of aryl methyl sites for hydroxylation is 1. The van der Waals surface area contributed by atoms with Gasteiger partial charge in [0.25, 0.3) is 0 Å². The van der Waals surface area contributed by atoms with Crippen LogP contribution in [0.2, 0.25) is 0 Å². The van der Waals surface area contributed by atoms with Crippen molar-refractivity contribution in [1.82, 2.24) is 9.80 Å². The number of carbonyl (C=O) groups excluding carboxylic acids is 2. The van der Waals surface area contributed by atoms with Gasteiger partial charge in [-0.1, -0.05) is 32.0 Å². The van der Waals surface area contributed by atoms with Gasteiger partial charge in [-0.2, -0.15) is 0 Å². The fourth-order valence-corrected chi connectivity index (χ4v) is 4.80. The Morgan fingerprint density at radius 1 is 1.27 bits per heavy atom. The molecule has 1 aromatic heterocycles. The summed E-state index contributed by atoms with van der Waals surface area (Å²) in [5.41, 5.74) is 2.25. The predicted molar refractivity (Wildman–Crippen MR) is 121 cm³/mol. The quantitative estimate of drug-likeness (QED) is 0.624. The average molecular weight is 429 g/mol. The molecule has 3 rings (SSSR count). The minimum absolute atomic E-state index is 0.0100. The summed E-state index contributed by atoms with van der Waals surface area (Å²) in [7, 11) is 0. The van der Waals surface area contributed by atoms with E-state index in [9.17, 15) is 9.59 Å². The summed E-state index contributed by atoms with van der Waals surface area (Å²) in [5, 5.41) is 2.09. The van der Waals surface area contributed by atoms with Gasteiger partial charge >= 0.3 is 0 Å². The molecule has 5 nitrogen and oxygen atoms in total. The first-order valence-electron chi connectivity index (χ1n) is 10.7. The van der Waals surface area contributed by atoms with Crippen LogP contribution in [0.4, 0.5) is 0 Å². The van der Waals surface area contributed by atoms with Crippen molar-refractivity contribution in [3.05, 3.63) is 51.7 Å². The van der Waals surface area contributed by atoms with Crippen molar-refractivity contribution in [3.63, 3.8) is 0 Å². The maximum Gasteiger partial charge on any atom is 0.242 e. The largest absolute Gasteiger partial charge is 0.491 e. The minimum Gasteiger partial charge on any atom is -0.491 e. The van der Waals surface area contributed by atoms with Gasteiger partial charge in [0.1, 0.15) is 12.4 Å². The first kappa shape index (κ1) is 22.3. The van der Waals surface area contributed by atoms with Gasteiger partial charge in [-0.15, -0.1) is 11.3 Å². The van der Waals surface area contributed by atoms with Gasteiger partial charge in [0, 0.05) is 24.4 Å². The predicted octanol–water partition coefficient (Wildman–Crippen LogP) is 4.46. The van der Waals surface area contributed by atoms with Gasteiger partial charge in [-0.3, -0.25) is 9.59 Å². The second kappa shape index (κ2) is 10.1. The minimum atomic E-state index is -0.133. The summed E-state index contributed by atoms with van der Waals surface area (Å²) in [6.07, 6.45) is 1.32. The van der Waals surface area contributed by atoms with Gasteiger partial charge in [0.05, 0.1) is 12.6 Å². The molecule has 1 aromatic carbocycles. The van der Waals surface area contributed by atoms with E-state index in [0.717, 1.165) is 17.7 Å². The molecule has 0 bridgehead atoms. The monoisotopic (exact) mass is 428 g/mol. The van der Waals surface area contributed by atoms with Crippen molar-refractivity contribution in [2.75, 3.05) is 26.2 Å². The second-order valence-electron chi connectivity index (χ2n) is 8.23. The third-order valence-corrected chi connectivity index (χ3v) is 6.55. The summed E-state index contributed by atoms with van der Waals surface area (Å²) < 4.78 is 6.14. The van der Waals surface area contributed by atoms with Crippen LogP contribution in [0.3, 0.4) is 0 Å². The van der Waals surface area contributed by atoms with Crippen LogP contribution < -0.4 is 4.74 Å². The van der Waals surface area contributed by atoms with E-state index in [1.165, 1.54) is 10.4 Å². The first-order valence-corrected chi connectivity index (χ1v) is 11.6. The Balaban J connectivity index is 1.75. The SMILES string of the molecule is CCN(CC(=O)N1CCc2sccc2C1COc1ccccc1C)C(=O)CC(C)C. The Kier molecular flexibility index (Phi) is 7.53. The average Bonchev–Trinajstić information content (AvgIpc) is 3.19. The van der Waals surface area contributed by atoms with Crippen LogP contribution in [0, 0.1) is 12.8 Å². The molecule has 1 atom stereocenters. The zero-order chi connectivity index (χ0) is 21.7. The van der Waals surface area contributed by atoms with Gasteiger partial charge in [-0.05, 0) is 54.8 Å². The highest BCUT2D eigenvalue weighted by molar-refractivity contribution is 7.10. The molecular formula is C24H32N2O3S. The second-order valence-corrected chi connectivity index (χ2v) is 9.24. The molecule has 0 fully saturated rings. The third kappa shape index (κ3) is 5.22. The number of thiophene rings is 1. The molecule has 1 aliphatic heterocycles. The molecule has 2 heterocycles. The standard InChI is InChI=1S/C24H32N2O3S/c1-5-25(23(27)14-17(2)3)15-24(28)26-12-10-22-19(11-13-30-22)20(26)16-29-21-9-7-6-8-18(21)4/h6-9,11,13,17,20H,5,10,12,14-16H2,1-4H3. The smallest absolute Gasteiger partial charge is 0.242 e. The summed E-state index contributed by atoms with van der Waals surface area (Å²) in [5.74, 6) is 1.15. The summed E-state index contributed by atoms with van der Waals surface area (Å²) in [6.45, 7) is 9.73. The van der Waals surface area contributed by atoms with Crippen LogP contribution >= 0.6 is 11.3 Å². The number of para-hydroxylation sites is 1. The topological polar surface area (TPSA) is 49.9 Å². The van der Waals surface area contributed by atoms with Crippen molar-refractivity contribution < 1.29 is 14.3 Å². The molecule has 1 unspecified atom stereocenters. The van der Waals surface area contributed by atoms with E-state index in [4.69, 9.17) is 4.74 Å². The fourth-order valence-electron chi connectivity index (χ4n) is 3.87. The first-order chi connectivity index (χ1) is 14.4. The van der Waals surface area contributed by atoms with Crippen molar-refractivity contribution in [1.29, 1.82) is 0 Å². The number of fused-ring (bicyclic) bond motifs is 1. The zero-order valence-corrected chi connectivity index (χ0v) is 19.2. The van der Waals surface area contributed by atoms with Crippen LogP contribution in [-0.2, 0) is 16.0 Å². The molecule has 0 saturated heterocycles. The fraction of sp³-hybridized carbons (Fsp3) is 0.500. The Labute approximate surface area is 183 Å². The molecular weight excluding hydrogens is 396 g/mol. The molecule has 1 aliphatic rings. The number of carbonyl (C=O) groups is 2. The van der Waals surface area contributed by atoms with Crippen LogP contribution in [0.5, 0.6) is 5.75 Å². The van der Waals surface area contributed by atoms with Crippen molar-refractivity contribution in [3.8, 4) is 5.75 Å². The number of amides is 2. The van der Waals surface area contributed by atoms with Gasteiger partial charge in [0.2, 0.25) is 11.8 Å². The van der Waals surface area contributed by atoms with Crippen LogP contribution in [0.15, 0.2) is 35.7 Å². The highest BCUT2D eigenvalue weighted by Crippen LogP contribution is 2.34. The summed E-state index contributed by atoms with van der Waals surface area (Å²) in [6, 6.07) is 9.90. The van der Waals surface area contributed by atoms with E-state index in [1.54, 1.807) is 16.2 Å². The van der Waals surface area contributed by atoms with E-state index in [2.05, 4.69) is 11.4 Å². The van der Waals surface area contributed by atoms with Gasteiger partial charge in [0.15, 0.2) is 0 Å². The zero-order valence-electron chi connectivity index (χ0n) is 18.4.